The lowest BCUT2D eigenvalue weighted by Gasteiger charge is -2.34. The number of nitro groups is 1. The average Bonchev–Trinajstić information content (AvgIpc) is 2.58. The molecular weight excluding hydrogens is 335 g/mol. The number of hydrogen-bond donors (Lipinski definition) is 0. The number of para-hydroxylation sites is 1. The lowest BCUT2D eigenvalue weighted by Crippen LogP contribution is -2.38. The third-order valence-electron chi connectivity index (χ3n) is 4.06. The lowest BCUT2D eigenvalue weighted by molar-refractivity contribution is -0.384. The minimum atomic E-state index is -0.497. The number of halogens is 2. The highest BCUT2D eigenvalue weighted by Crippen LogP contribution is 2.31. The third-order valence-corrected chi connectivity index (χ3v) is 4.35. The van der Waals surface area contributed by atoms with Gasteiger partial charge in [-0.25, -0.2) is 4.39 Å². The summed E-state index contributed by atoms with van der Waals surface area (Å²) in [7, 11) is 0. The predicted octanol–water partition coefficient (Wildman–Crippen LogP) is 4.44. The Morgan fingerprint density at radius 1 is 1.21 bits per heavy atom. The zero-order chi connectivity index (χ0) is 17.1. The molecule has 126 valence electrons. The van der Waals surface area contributed by atoms with Crippen LogP contribution in [0.2, 0.25) is 5.02 Å². The van der Waals surface area contributed by atoms with Crippen molar-refractivity contribution in [2.24, 2.45) is 0 Å². The molecule has 3 rings (SSSR count). The smallest absolute Gasteiger partial charge is 0.271 e. The van der Waals surface area contributed by atoms with Crippen LogP contribution in [0.3, 0.4) is 0 Å². The monoisotopic (exact) mass is 350 g/mol. The van der Waals surface area contributed by atoms with Crippen molar-refractivity contribution >= 4 is 23.0 Å². The van der Waals surface area contributed by atoms with E-state index in [1.165, 1.54) is 24.3 Å². The Hall–Kier alpha value is -2.34. The molecule has 5 nitrogen and oxygen atoms in total. The Morgan fingerprint density at radius 2 is 1.92 bits per heavy atom. The summed E-state index contributed by atoms with van der Waals surface area (Å²) < 4.78 is 19.7. The van der Waals surface area contributed by atoms with Gasteiger partial charge >= 0.3 is 0 Å². The van der Waals surface area contributed by atoms with Crippen LogP contribution >= 0.6 is 11.6 Å². The highest BCUT2D eigenvalue weighted by atomic mass is 35.5. The van der Waals surface area contributed by atoms with Crippen molar-refractivity contribution in [3.8, 4) is 5.75 Å². The molecule has 0 amide bonds. The molecule has 1 aliphatic rings. The van der Waals surface area contributed by atoms with Crippen LogP contribution in [0, 0.1) is 15.9 Å². The van der Waals surface area contributed by atoms with E-state index in [-0.39, 0.29) is 22.6 Å². The van der Waals surface area contributed by atoms with Crippen molar-refractivity contribution in [1.29, 1.82) is 0 Å². The quantitative estimate of drug-likeness (QED) is 0.604. The second-order valence-corrected chi connectivity index (χ2v) is 6.03. The van der Waals surface area contributed by atoms with E-state index >= 15 is 0 Å². The van der Waals surface area contributed by atoms with Crippen LogP contribution in [0.1, 0.15) is 12.8 Å². The largest absolute Gasteiger partial charge is 0.489 e. The van der Waals surface area contributed by atoms with Crippen molar-refractivity contribution in [1.82, 2.24) is 0 Å². The van der Waals surface area contributed by atoms with Crippen LogP contribution in [0.15, 0.2) is 42.5 Å². The summed E-state index contributed by atoms with van der Waals surface area (Å²) in [5.41, 5.74) is 0.533. The van der Waals surface area contributed by atoms with E-state index in [2.05, 4.69) is 0 Å². The molecule has 24 heavy (non-hydrogen) atoms. The Labute approximate surface area is 143 Å². The van der Waals surface area contributed by atoms with Gasteiger partial charge in [0.05, 0.1) is 15.6 Å². The number of non-ortho nitro benzene ring substituents is 1. The zero-order valence-corrected chi connectivity index (χ0v) is 13.6. The summed E-state index contributed by atoms with van der Waals surface area (Å²) in [5, 5.41) is 10.9. The van der Waals surface area contributed by atoms with Crippen LogP contribution in [0.5, 0.6) is 5.75 Å². The maximum Gasteiger partial charge on any atom is 0.271 e. The molecule has 1 heterocycles. The van der Waals surface area contributed by atoms with E-state index in [0.29, 0.717) is 24.5 Å². The van der Waals surface area contributed by atoms with Crippen LogP contribution in [-0.4, -0.2) is 24.1 Å². The fourth-order valence-corrected chi connectivity index (χ4v) is 3.02. The molecule has 1 aliphatic heterocycles. The van der Waals surface area contributed by atoms with E-state index in [4.69, 9.17) is 16.3 Å². The molecule has 0 unspecified atom stereocenters. The van der Waals surface area contributed by atoms with Gasteiger partial charge < -0.3 is 9.64 Å². The van der Waals surface area contributed by atoms with Crippen LogP contribution in [-0.2, 0) is 0 Å². The van der Waals surface area contributed by atoms with Crippen LogP contribution < -0.4 is 9.64 Å². The average molecular weight is 351 g/mol. The third kappa shape index (κ3) is 3.59. The molecule has 0 spiro atoms. The first kappa shape index (κ1) is 16.5. The molecule has 0 aromatic heterocycles. The topological polar surface area (TPSA) is 55.6 Å². The molecule has 2 aromatic carbocycles. The Bertz CT molecular complexity index is 748. The highest BCUT2D eigenvalue weighted by Gasteiger charge is 2.23. The van der Waals surface area contributed by atoms with Crippen LogP contribution in [0.25, 0.3) is 0 Å². The maximum absolute atomic E-state index is 13.8. The van der Waals surface area contributed by atoms with Crippen molar-refractivity contribution in [3.05, 3.63) is 63.4 Å². The second-order valence-electron chi connectivity index (χ2n) is 5.63. The number of ether oxygens (including phenoxy) is 1. The van der Waals surface area contributed by atoms with Gasteiger partial charge in [-0.05, 0) is 18.2 Å². The van der Waals surface area contributed by atoms with Crippen molar-refractivity contribution in [2.75, 3.05) is 18.0 Å². The first-order valence-corrected chi connectivity index (χ1v) is 8.02. The molecular formula is C17H16ClFN2O3. The van der Waals surface area contributed by atoms with Gasteiger partial charge in [-0.15, -0.1) is 0 Å². The van der Waals surface area contributed by atoms with Gasteiger partial charge in [-0.3, -0.25) is 10.1 Å². The molecule has 0 saturated carbocycles. The number of nitrogens with zero attached hydrogens (tertiary/aromatic N) is 2. The summed E-state index contributed by atoms with van der Waals surface area (Å²) >= 11 is 6.05. The second kappa shape index (κ2) is 7.05. The highest BCUT2D eigenvalue weighted by molar-refractivity contribution is 6.32. The number of anilines is 1. The minimum Gasteiger partial charge on any atom is -0.489 e. The van der Waals surface area contributed by atoms with E-state index in [1.54, 1.807) is 12.1 Å². The number of benzene rings is 2. The van der Waals surface area contributed by atoms with E-state index in [9.17, 15) is 14.5 Å². The molecule has 1 saturated heterocycles. The van der Waals surface area contributed by atoms with Crippen LogP contribution in [0.4, 0.5) is 15.8 Å². The lowest BCUT2D eigenvalue weighted by atomic mass is 10.1. The van der Waals surface area contributed by atoms with Gasteiger partial charge in [0.1, 0.15) is 17.7 Å². The SMILES string of the molecule is O=[N+]([O-])c1ccc(OC2CCN(c3ccccc3F)CC2)c(Cl)c1. The summed E-state index contributed by atoms with van der Waals surface area (Å²) in [4.78, 5) is 12.2. The van der Waals surface area contributed by atoms with Crippen molar-refractivity contribution in [2.45, 2.75) is 18.9 Å². The molecule has 0 atom stereocenters. The Morgan fingerprint density at radius 3 is 2.54 bits per heavy atom. The minimum absolute atomic E-state index is 0.0491. The summed E-state index contributed by atoms with van der Waals surface area (Å²) in [6.45, 7) is 1.35. The summed E-state index contributed by atoms with van der Waals surface area (Å²) in [6.07, 6.45) is 1.40. The van der Waals surface area contributed by atoms with Gasteiger partial charge in [0.2, 0.25) is 0 Å². The number of nitro benzene ring substituents is 1. The van der Waals surface area contributed by atoms with E-state index < -0.39 is 4.92 Å². The first-order valence-electron chi connectivity index (χ1n) is 7.64. The van der Waals surface area contributed by atoms with Gasteiger partial charge in [0, 0.05) is 38.1 Å². The standard InChI is InChI=1S/C17H16ClFN2O3/c18-14-11-12(21(22)23)5-6-17(14)24-13-7-9-20(10-8-13)16-4-2-1-3-15(16)19/h1-6,11,13H,7-10H2. The molecule has 0 bridgehead atoms. The molecule has 1 fully saturated rings. The van der Waals surface area contributed by atoms with Gasteiger partial charge in [0.25, 0.3) is 5.69 Å². The van der Waals surface area contributed by atoms with Gasteiger partial charge in [-0.1, -0.05) is 23.7 Å². The molecule has 0 radical (unpaired) electrons. The Kier molecular flexibility index (Phi) is 4.85. The van der Waals surface area contributed by atoms with Gasteiger partial charge in [0.15, 0.2) is 0 Å². The summed E-state index contributed by atoms with van der Waals surface area (Å²) in [6, 6.07) is 10.9. The number of hydrogen-bond acceptors (Lipinski definition) is 4. The molecule has 0 N–H and O–H groups in total. The number of rotatable bonds is 4. The predicted molar refractivity (Wildman–Crippen MR) is 90.4 cm³/mol. The van der Waals surface area contributed by atoms with Crippen molar-refractivity contribution < 1.29 is 14.1 Å². The summed E-state index contributed by atoms with van der Waals surface area (Å²) in [5.74, 6) is 0.210. The van der Waals surface area contributed by atoms with Gasteiger partial charge in [-0.2, -0.15) is 0 Å². The Balaban J connectivity index is 1.62. The van der Waals surface area contributed by atoms with E-state index in [1.807, 2.05) is 11.0 Å². The first-order chi connectivity index (χ1) is 11.5. The number of piperidine rings is 1. The molecule has 2 aromatic rings. The van der Waals surface area contributed by atoms with E-state index in [0.717, 1.165) is 12.8 Å². The van der Waals surface area contributed by atoms with Crippen molar-refractivity contribution in [3.63, 3.8) is 0 Å². The normalized spacial score (nSPS) is 15.3. The maximum atomic E-state index is 13.8. The fourth-order valence-electron chi connectivity index (χ4n) is 2.80. The molecule has 7 heteroatoms. The fraction of sp³-hybridized carbons (Fsp3) is 0.294. The molecule has 0 aliphatic carbocycles. The zero-order valence-electron chi connectivity index (χ0n) is 12.8.